The van der Waals surface area contributed by atoms with Gasteiger partial charge in [0.2, 0.25) is 0 Å². The molecule has 0 spiro atoms. The van der Waals surface area contributed by atoms with Crippen molar-refractivity contribution in [1.82, 2.24) is 9.88 Å². The van der Waals surface area contributed by atoms with Gasteiger partial charge in [0.1, 0.15) is 5.82 Å². The van der Waals surface area contributed by atoms with Gasteiger partial charge in [-0.1, -0.05) is 31.5 Å². The lowest BCUT2D eigenvalue weighted by Crippen LogP contribution is -2.21. The Bertz CT molecular complexity index is 594. The molecule has 1 N–H and O–H groups in total. The molecule has 3 heteroatoms. The van der Waals surface area contributed by atoms with Crippen LogP contribution in [0.5, 0.6) is 0 Å². The van der Waals surface area contributed by atoms with Crippen molar-refractivity contribution in [3.05, 3.63) is 35.9 Å². The van der Waals surface area contributed by atoms with E-state index in [0.29, 0.717) is 0 Å². The first kappa shape index (κ1) is 13.4. The van der Waals surface area contributed by atoms with E-state index in [1.807, 2.05) is 13.1 Å². The van der Waals surface area contributed by atoms with Crippen LogP contribution in [0.15, 0.2) is 30.3 Å². The zero-order valence-electron chi connectivity index (χ0n) is 12.4. The normalized spacial score (nSPS) is 19.6. The quantitative estimate of drug-likeness (QED) is 0.920. The maximum absolute atomic E-state index is 4.74. The van der Waals surface area contributed by atoms with Crippen molar-refractivity contribution in [3.63, 3.8) is 0 Å². The summed E-state index contributed by atoms with van der Waals surface area (Å²) < 4.78 is 0. The average Bonchev–Trinajstić information content (AvgIpc) is 2.94. The van der Waals surface area contributed by atoms with Gasteiger partial charge in [-0.3, -0.25) is 4.90 Å². The third kappa shape index (κ3) is 2.63. The molecule has 1 aromatic heterocycles. The van der Waals surface area contributed by atoms with Gasteiger partial charge in [0.05, 0.1) is 5.52 Å². The van der Waals surface area contributed by atoms with E-state index in [1.165, 1.54) is 36.9 Å². The number of para-hydroxylation sites is 1. The minimum Gasteiger partial charge on any atom is -0.373 e. The predicted octanol–water partition coefficient (Wildman–Crippen LogP) is 3.51. The first-order valence-electron chi connectivity index (χ1n) is 7.59. The van der Waals surface area contributed by atoms with Crippen molar-refractivity contribution in [2.24, 2.45) is 5.92 Å². The molecular formula is C17H23N3. The lowest BCUT2D eigenvalue weighted by Gasteiger charge is -2.18. The first-order valence-corrected chi connectivity index (χ1v) is 7.59. The molecule has 2 heterocycles. The summed E-state index contributed by atoms with van der Waals surface area (Å²) in [7, 11) is 1.96. The Hall–Kier alpha value is -1.61. The molecule has 3 nitrogen and oxygen atoms in total. The summed E-state index contributed by atoms with van der Waals surface area (Å²) in [5.41, 5.74) is 2.37. The van der Waals surface area contributed by atoms with Gasteiger partial charge in [0, 0.05) is 31.1 Å². The van der Waals surface area contributed by atoms with Crippen molar-refractivity contribution in [2.45, 2.75) is 26.3 Å². The van der Waals surface area contributed by atoms with Gasteiger partial charge in [-0.15, -0.1) is 0 Å². The fraction of sp³-hybridized carbons (Fsp3) is 0.471. The largest absolute Gasteiger partial charge is 0.373 e. The predicted molar refractivity (Wildman–Crippen MR) is 85.0 cm³/mol. The Morgan fingerprint density at radius 3 is 2.95 bits per heavy atom. The van der Waals surface area contributed by atoms with Gasteiger partial charge in [-0.25, -0.2) is 4.98 Å². The second-order valence-corrected chi connectivity index (χ2v) is 5.74. The lowest BCUT2D eigenvalue weighted by atomic mass is 10.1. The Kier molecular flexibility index (Phi) is 3.88. The van der Waals surface area contributed by atoms with E-state index in [-0.39, 0.29) is 0 Å². The molecular weight excluding hydrogens is 246 g/mol. The lowest BCUT2D eigenvalue weighted by molar-refractivity contribution is 0.315. The number of rotatable bonds is 4. The van der Waals surface area contributed by atoms with E-state index < -0.39 is 0 Å². The zero-order valence-corrected chi connectivity index (χ0v) is 12.4. The smallest absolute Gasteiger partial charge is 0.130 e. The first-order chi connectivity index (χ1) is 9.80. The molecule has 106 valence electrons. The van der Waals surface area contributed by atoms with E-state index in [0.717, 1.165) is 23.8 Å². The molecule has 3 rings (SSSR count). The molecule has 1 fully saturated rings. The van der Waals surface area contributed by atoms with Gasteiger partial charge in [0.15, 0.2) is 0 Å². The molecule has 1 atom stereocenters. The number of anilines is 1. The maximum atomic E-state index is 4.74. The van der Waals surface area contributed by atoms with Crippen molar-refractivity contribution < 1.29 is 0 Å². The SMILES string of the molecule is CCC1CCN(Cc2cc3ccccc3nc2NC)C1. The van der Waals surface area contributed by atoms with Gasteiger partial charge >= 0.3 is 0 Å². The molecule has 0 amide bonds. The summed E-state index contributed by atoms with van der Waals surface area (Å²) >= 11 is 0. The number of aromatic nitrogens is 1. The number of hydrogen-bond acceptors (Lipinski definition) is 3. The van der Waals surface area contributed by atoms with Crippen molar-refractivity contribution in [1.29, 1.82) is 0 Å². The molecule has 1 aliphatic heterocycles. The summed E-state index contributed by atoms with van der Waals surface area (Å²) in [5.74, 6) is 1.89. The molecule has 0 saturated carbocycles. The van der Waals surface area contributed by atoms with Gasteiger partial charge in [-0.2, -0.15) is 0 Å². The van der Waals surface area contributed by atoms with Gasteiger partial charge in [0.25, 0.3) is 0 Å². The number of nitrogens with zero attached hydrogens (tertiary/aromatic N) is 2. The minimum atomic E-state index is 0.876. The summed E-state index contributed by atoms with van der Waals surface area (Å²) in [6.07, 6.45) is 2.64. The topological polar surface area (TPSA) is 28.2 Å². The summed E-state index contributed by atoms with van der Waals surface area (Å²) in [6.45, 7) is 5.75. The molecule has 0 bridgehead atoms. The number of pyridine rings is 1. The molecule has 1 aromatic carbocycles. The Morgan fingerprint density at radius 2 is 2.20 bits per heavy atom. The number of likely N-dealkylation sites (tertiary alicyclic amines) is 1. The van der Waals surface area contributed by atoms with Crippen LogP contribution in [0, 0.1) is 5.92 Å². The van der Waals surface area contributed by atoms with E-state index in [2.05, 4.69) is 41.4 Å². The standard InChI is InChI=1S/C17H23N3/c1-3-13-8-9-20(11-13)12-15-10-14-6-4-5-7-16(14)19-17(15)18-2/h4-7,10,13H,3,8-9,11-12H2,1-2H3,(H,18,19). The minimum absolute atomic E-state index is 0.876. The molecule has 1 saturated heterocycles. The molecule has 1 aliphatic rings. The molecule has 0 radical (unpaired) electrons. The average molecular weight is 269 g/mol. The van der Waals surface area contributed by atoms with Crippen LogP contribution in [0.3, 0.4) is 0 Å². The monoisotopic (exact) mass is 269 g/mol. The molecule has 0 aliphatic carbocycles. The highest BCUT2D eigenvalue weighted by Gasteiger charge is 2.21. The van der Waals surface area contributed by atoms with Crippen LogP contribution in [-0.4, -0.2) is 30.0 Å². The highest BCUT2D eigenvalue weighted by atomic mass is 15.1. The number of fused-ring (bicyclic) bond motifs is 1. The Balaban J connectivity index is 1.86. The molecule has 20 heavy (non-hydrogen) atoms. The van der Waals surface area contributed by atoms with Crippen LogP contribution >= 0.6 is 0 Å². The second kappa shape index (κ2) is 5.80. The van der Waals surface area contributed by atoms with Crippen LogP contribution in [0.1, 0.15) is 25.3 Å². The number of benzene rings is 1. The van der Waals surface area contributed by atoms with Crippen LogP contribution in [0.2, 0.25) is 0 Å². The fourth-order valence-corrected chi connectivity index (χ4v) is 3.13. The summed E-state index contributed by atoms with van der Waals surface area (Å²) in [5, 5.41) is 4.48. The van der Waals surface area contributed by atoms with Gasteiger partial charge in [-0.05, 0) is 31.0 Å². The van der Waals surface area contributed by atoms with Gasteiger partial charge < -0.3 is 5.32 Å². The van der Waals surface area contributed by atoms with E-state index in [9.17, 15) is 0 Å². The second-order valence-electron chi connectivity index (χ2n) is 5.74. The van der Waals surface area contributed by atoms with Crippen molar-refractivity contribution in [2.75, 3.05) is 25.5 Å². The Morgan fingerprint density at radius 1 is 1.35 bits per heavy atom. The highest BCUT2D eigenvalue weighted by molar-refractivity contribution is 5.81. The van der Waals surface area contributed by atoms with Crippen LogP contribution in [0.4, 0.5) is 5.82 Å². The maximum Gasteiger partial charge on any atom is 0.130 e. The van der Waals surface area contributed by atoms with E-state index in [1.54, 1.807) is 0 Å². The van der Waals surface area contributed by atoms with Crippen molar-refractivity contribution >= 4 is 16.7 Å². The highest BCUT2D eigenvalue weighted by Crippen LogP contribution is 2.25. The van der Waals surface area contributed by atoms with Crippen LogP contribution < -0.4 is 5.32 Å². The molecule has 1 unspecified atom stereocenters. The van der Waals surface area contributed by atoms with Crippen molar-refractivity contribution in [3.8, 4) is 0 Å². The van der Waals surface area contributed by atoms with Crippen LogP contribution in [-0.2, 0) is 6.54 Å². The van der Waals surface area contributed by atoms with E-state index >= 15 is 0 Å². The Labute approximate surface area is 121 Å². The van der Waals surface area contributed by atoms with Crippen LogP contribution in [0.25, 0.3) is 10.9 Å². The zero-order chi connectivity index (χ0) is 13.9. The third-order valence-corrected chi connectivity index (χ3v) is 4.38. The third-order valence-electron chi connectivity index (χ3n) is 4.38. The summed E-state index contributed by atoms with van der Waals surface area (Å²) in [6, 6.07) is 10.6. The number of hydrogen-bond donors (Lipinski definition) is 1. The molecule has 2 aromatic rings. The fourth-order valence-electron chi connectivity index (χ4n) is 3.13. The summed E-state index contributed by atoms with van der Waals surface area (Å²) in [4.78, 5) is 7.29. The van der Waals surface area contributed by atoms with E-state index in [4.69, 9.17) is 4.98 Å². The number of nitrogens with one attached hydrogen (secondary N) is 1.